The second-order valence-corrected chi connectivity index (χ2v) is 4.81. The number of methoxy groups -OCH3 is 1. The quantitative estimate of drug-likeness (QED) is 0.777. The molecule has 1 aromatic rings. The summed E-state index contributed by atoms with van der Waals surface area (Å²) < 4.78 is 5.18. The van der Waals surface area contributed by atoms with Gasteiger partial charge in [0.05, 0.1) is 7.11 Å². The summed E-state index contributed by atoms with van der Waals surface area (Å²) in [6, 6.07) is 2.24. The van der Waals surface area contributed by atoms with Gasteiger partial charge in [0, 0.05) is 24.5 Å². The minimum Gasteiger partial charge on any atom is -0.481 e. The highest BCUT2D eigenvalue weighted by Gasteiger charge is 2.31. The molecule has 0 N–H and O–H groups in total. The van der Waals surface area contributed by atoms with Crippen LogP contribution in [-0.2, 0) is 0 Å². The summed E-state index contributed by atoms with van der Waals surface area (Å²) in [5, 5.41) is 0. The Hall–Kier alpha value is -1.03. The molecule has 1 saturated heterocycles. The van der Waals surface area contributed by atoms with Crippen LogP contribution in [0.25, 0.3) is 0 Å². The van der Waals surface area contributed by atoms with Crippen LogP contribution in [0.15, 0.2) is 6.07 Å². The van der Waals surface area contributed by atoms with Crippen molar-refractivity contribution >= 4 is 17.4 Å². The van der Waals surface area contributed by atoms with Crippen LogP contribution < -0.4 is 9.64 Å². The first-order valence-electron chi connectivity index (χ1n) is 5.88. The normalized spacial score (nSPS) is 24.1. The molecule has 0 radical (unpaired) electrons. The van der Waals surface area contributed by atoms with Crippen molar-refractivity contribution < 1.29 is 4.74 Å². The van der Waals surface area contributed by atoms with Gasteiger partial charge in [-0.05, 0) is 19.3 Å². The molecule has 2 rings (SSSR count). The topological polar surface area (TPSA) is 38.2 Å². The lowest BCUT2D eigenvalue weighted by Gasteiger charge is -2.26. The molecule has 0 saturated carbocycles. The molecule has 17 heavy (non-hydrogen) atoms. The SMILES string of the molecule is COc1cc(N2CCC(C)C2CCl)nc(C)n1. The maximum atomic E-state index is 6.04. The van der Waals surface area contributed by atoms with Crippen molar-refractivity contribution in [3.63, 3.8) is 0 Å². The standard InChI is InChI=1S/C12H18ClN3O/c1-8-4-5-16(10(8)7-13)11-6-12(17-3)15-9(2)14-11/h6,8,10H,4-5,7H2,1-3H3. The monoisotopic (exact) mass is 255 g/mol. The van der Waals surface area contributed by atoms with Crippen molar-refractivity contribution in [3.8, 4) is 5.88 Å². The first-order valence-corrected chi connectivity index (χ1v) is 6.41. The van der Waals surface area contributed by atoms with Gasteiger partial charge in [0.2, 0.25) is 5.88 Å². The van der Waals surface area contributed by atoms with Gasteiger partial charge in [-0.3, -0.25) is 0 Å². The minimum absolute atomic E-state index is 0.357. The predicted molar refractivity (Wildman–Crippen MR) is 69.0 cm³/mol. The maximum Gasteiger partial charge on any atom is 0.218 e. The zero-order valence-electron chi connectivity index (χ0n) is 10.5. The van der Waals surface area contributed by atoms with E-state index in [9.17, 15) is 0 Å². The van der Waals surface area contributed by atoms with Gasteiger partial charge in [0.15, 0.2) is 0 Å². The van der Waals surface area contributed by atoms with E-state index < -0.39 is 0 Å². The van der Waals surface area contributed by atoms with Gasteiger partial charge in [0.25, 0.3) is 0 Å². The molecule has 0 aliphatic carbocycles. The molecule has 0 spiro atoms. The van der Waals surface area contributed by atoms with E-state index in [-0.39, 0.29) is 0 Å². The molecular weight excluding hydrogens is 238 g/mol. The van der Waals surface area contributed by atoms with Gasteiger partial charge < -0.3 is 9.64 Å². The molecule has 4 nitrogen and oxygen atoms in total. The summed E-state index contributed by atoms with van der Waals surface area (Å²) in [5.74, 6) is 3.50. The second kappa shape index (κ2) is 5.08. The average Bonchev–Trinajstić information content (AvgIpc) is 2.69. The predicted octanol–water partition coefficient (Wildman–Crippen LogP) is 2.25. The number of aryl methyl sites for hydroxylation is 1. The molecule has 1 aliphatic rings. The highest BCUT2D eigenvalue weighted by molar-refractivity contribution is 6.18. The third kappa shape index (κ3) is 2.46. The van der Waals surface area contributed by atoms with Crippen LogP contribution in [0.3, 0.4) is 0 Å². The Balaban J connectivity index is 2.30. The van der Waals surface area contributed by atoms with E-state index in [0.717, 1.165) is 24.6 Å². The van der Waals surface area contributed by atoms with E-state index >= 15 is 0 Å². The number of halogens is 1. The molecule has 2 atom stereocenters. The molecular formula is C12H18ClN3O. The zero-order valence-corrected chi connectivity index (χ0v) is 11.2. The largest absolute Gasteiger partial charge is 0.481 e. The molecule has 0 amide bonds. The Bertz CT molecular complexity index is 399. The number of nitrogens with zero attached hydrogens (tertiary/aromatic N) is 3. The van der Waals surface area contributed by atoms with Gasteiger partial charge in [-0.1, -0.05) is 6.92 Å². The first-order chi connectivity index (χ1) is 8.15. The number of anilines is 1. The number of ether oxygens (including phenoxy) is 1. The first kappa shape index (κ1) is 12.4. The lowest BCUT2D eigenvalue weighted by Crippen LogP contribution is -2.34. The summed E-state index contributed by atoms with van der Waals surface area (Å²) >= 11 is 6.04. The molecule has 0 bridgehead atoms. The van der Waals surface area contributed by atoms with Gasteiger partial charge >= 0.3 is 0 Å². The highest BCUT2D eigenvalue weighted by atomic mass is 35.5. The van der Waals surface area contributed by atoms with Crippen molar-refractivity contribution in [1.29, 1.82) is 0 Å². The average molecular weight is 256 g/mol. The fraction of sp³-hybridized carbons (Fsp3) is 0.667. The van der Waals surface area contributed by atoms with E-state index in [1.54, 1.807) is 7.11 Å². The van der Waals surface area contributed by atoms with E-state index in [4.69, 9.17) is 16.3 Å². The maximum absolute atomic E-state index is 6.04. The van der Waals surface area contributed by atoms with Gasteiger partial charge in [-0.2, -0.15) is 4.98 Å². The van der Waals surface area contributed by atoms with Crippen LogP contribution in [-0.4, -0.2) is 35.5 Å². The molecule has 1 aromatic heterocycles. The number of hydrogen-bond acceptors (Lipinski definition) is 4. The number of rotatable bonds is 3. The Morgan fingerprint density at radius 1 is 1.53 bits per heavy atom. The summed E-state index contributed by atoms with van der Waals surface area (Å²) in [6.45, 7) is 5.11. The number of alkyl halides is 1. The van der Waals surface area contributed by atoms with E-state index in [2.05, 4.69) is 21.8 Å². The Kier molecular flexibility index (Phi) is 3.72. The fourth-order valence-corrected chi connectivity index (χ4v) is 2.78. The Labute approximate surface area is 107 Å². The third-order valence-corrected chi connectivity index (χ3v) is 3.66. The van der Waals surface area contributed by atoms with Crippen LogP contribution in [0, 0.1) is 12.8 Å². The Morgan fingerprint density at radius 2 is 2.29 bits per heavy atom. The molecule has 5 heteroatoms. The van der Waals surface area contributed by atoms with Gasteiger partial charge in [-0.15, -0.1) is 11.6 Å². The fourth-order valence-electron chi connectivity index (χ4n) is 2.30. The Morgan fingerprint density at radius 3 is 2.94 bits per heavy atom. The lowest BCUT2D eigenvalue weighted by molar-refractivity contribution is 0.395. The van der Waals surface area contributed by atoms with E-state index in [1.807, 2.05) is 13.0 Å². The molecule has 1 aliphatic heterocycles. The number of aromatic nitrogens is 2. The summed E-state index contributed by atoms with van der Waals surface area (Å²) in [6.07, 6.45) is 1.16. The van der Waals surface area contributed by atoms with Crippen molar-refractivity contribution in [1.82, 2.24) is 9.97 Å². The molecule has 2 unspecified atom stereocenters. The molecule has 0 aromatic carbocycles. The summed E-state index contributed by atoms with van der Waals surface area (Å²) in [5.41, 5.74) is 0. The van der Waals surface area contributed by atoms with Crippen molar-refractivity contribution in [2.24, 2.45) is 5.92 Å². The minimum atomic E-state index is 0.357. The van der Waals surface area contributed by atoms with Crippen molar-refractivity contribution in [2.75, 3.05) is 24.4 Å². The van der Waals surface area contributed by atoms with Gasteiger partial charge in [-0.25, -0.2) is 4.98 Å². The second-order valence-electron chi connectivity index (χ2n) is 4.50. The zero-order chi connectivity index (χ0) is 12.4. The van der Waals surface area contributed by atoms with E-state index in [0.29, 0.717) is 23.7 Å². The third-order valence-electron chi connectivity index (χ3n) is 3.34. The number of hydrogen-bond donors (Lipinski definition) is 0. The lowest BCUT2D eigenvalue weighted by atomic mass is 10.1. The molecule has 94 valence electrons. The van der Waals surface area contributed by atoms with Crippen molar-refractivity contribution in [2.45, 2.75) is 26.3 Å². The van der Waals surface area contributed by atoms with Crippen molar-refractivity contribution in [3.05, 3.63) is 11.9 Å². The van der Waals surface area contributed by atoms with Crippen LogP contribution in [0.2, 0.25) is 0 Å². The molecule has 1 fully saturated rings. The van der Waals surface area contributed by atoms with Crippen LogP contribution >= 0.6 is 11.6 Å². The smallest absolute Gasteiger partial charge is 0.218 e. The van der Waals surface area contributed by atoms with Crippen LogP contribution in [0.1, 0.15) is 19.2 Å². The summed E-state index contributed by atoms with van der Waals surface area (Å²) in [7, 11) is 1.62. The van der Waals surface area contributed by atoms with Crippen LogP contribution in [0.5, 0.6) is 5.88 Å². The molecule has 2 heterocycles. The van der Waals surface area contributed by atoms with Crippen LogP contribution in [0.4, 0.5) is 5.82 Å². The highest BCUT2D eigenvalue weighted by Crippen LogP contribution is 2.30. The van der Waals surface area contributed by atoms with Gasteiger partial charge in [0.1, 0.15) is 11.6 Å². The summed E-state index contributed by atoms with van der Waals surface area (Å²) in [4.78, 5) is 10.9. The van der Waals surface area contributed by atoms with E-state index in [1.165, 1.54) is 0 Å².